The Morgan fingerprint density at radius 3 is 2.50 bits per heavy atom. The summed E-state index contributed by atoms with van der Waals surface area (Å²) >= 11 is 6.07. The third kappa shape index (κ3) is 2.74. The van der Waals surface area contributed by atoms with Crippen LogP contribution in [0.25, 0.3) is 10.9 Å². The molecule has 122 valence electrons. The zero-order chi connectivity index (χ0) is 16.5. The van der Waals surface area contributed by atoms with E-state index in [-0.39, 0.29) is 6.04 Å². The van der Waals surface area contributed by atoms with E-state index in [1.165, 1.54) is 23.3 Å². The van der Waals surface area contributed by atoms with Crippen molar-refractivity contribution in [1.82, 2.24) is 0 Å². The van der Waals surface area contributed by atoms with E-state index < -0.39 is 0 Å². The number of rotatable bonds is 3. The number of nitrogens with one attached hydrogen (secondary N) is 2. The monoisotopic (exact) mass is 340 g/mol. The van der Waals surface area contributed by atoms with Crippen molar-refractivity contribution in [3.05, 3.63) is 70.9 Å². The summed E-state index contributed by atoms with van der Waals surface area (Å²) in [5.74, 6) is 0.354. The van der Waals surface area contributed by atoms with Crippen molar-refractivity contribution in [1.29, 1.82) is 0 Å². The highest BCUT2D eigenvalue weighted by Gasteiger charge is 2.32. The van der Waals surface area contributed by atoms with Gasteiger partial charge in [0.2, 0.25) is 0 Å². The Bertz CT molecular complexity index is 857. The Kier molecular flexibility index (Phi) is 4.13. The minimum atomic E-state index is 0.128. The van der Waals surface area contributed by atoms with Gasteiger partial charge in [-0.2, -0.15) is 0 Å². The van der Waals surface area contributed by atoms with Crippen LogP contribution in [-0.2, 0) is 0 Å². The maximum Gasteiger partial charge on any atom is 0.253 e. The largest absolute Gasteiger partial charge is 0.502 e. The average Bonchev–Trinajstić information content (AvgIpc) is 3.13. The van der Waals surface area contributed by atoms with E-state index >= 15 is 0 Å². The van der Waals surface area contributed by atoms with Crippen molar-refractivity contribution in [2.24, 2.45) is 0 Å². The summed E-state index contributed by atoms with van der Waals surface area (Å²) in [5.41, 5.74) is 2.97. The van der Waals surface area contributed by atoms with Gasteiger partial charge in [-0.25, -0.2) is 4.98 Å². The van der Waals surface area contributed by atoms with Crippen molar-refractivity contribution >= 4 is 22.5 Å². The highest BCUT2D eigenvalue weighted by molar-refractivity contribution is 6.30. The molecule has 3 nitrogen and oxygen atoms in total. The second-order valence-electron chi connectivity index (χ2n) is 6.49. The molecule has 1 saturated heterocycles. The topological polar surface area (TPSA) is 38.8 Å². The van der Waals surface area contributed by atoms with E-state index in [0.29, 0.717) is 5.75 Å². The van der Waals surface area contributed by atoms with E-state index in [2.05, 4.69) is 29.2 Å². The van der Waals surface area contributed by atoms with Crippen LogP contribution in [0, 0.1) is 0 Å². The molecule has 0 radical (unpaired) electrons. The summed E-state index contributed by atoms with van der Waals surface area (Å²) in [7, 11) is 0. The molecular formula is C20H21ClN2O+2. The number of hydrogen-bond acceptors (Lipinski definition) is 1. The summed E-state index contributed by atoms with van der Waals surface area (Å²) < 4.78 is 0. The molecule has 24 heavy (non-hydrogen) atoms. The predicted molar refractivity (Wildman–Crippen MR) is 95.4 cm³/mol. The first-order valence-electron chi connectivity index (χ1n) is 8.46. The van der Waals surface area contributed by atoms with Crippen molar-refractivity contribution in [2.45, 2.75) is 18.9 Å². The van der Waals surface area contributed by atoms with Gasteiger partial charge < -0.3 is 10.0 Å². The minimum Gasteiger partial charge on any atom is -0.502 e. The van der Waals surface area contributed by atoms with Crippen molar-refractivity contribution in [3.63, 3.8) is 0 Å². The number of quaternary nitrogens is 1. The summed E-state index contributed by atoms with van der Waals surface area (Å²) in [5, 5.41) is 12.7. The molecule has 1 fully saturated rings. The van der Waals surface area contributed by atoms with Crippen LogP contribution in [0.2, 0.25) is 5.02 Å². The van der Waals surface area contributed by atoms with Crippen LogP contribution in [0.4, 0.5) is 0 Å². The second kappa shape index (κ2) is 6.42. The van der Waals surface area contributed by atoms with Gasteiger partial charge in [-0.05, 0) is 30.3 Å². The van der Waals surface area contributed by atoms with E-state index in [1.807, 2.05) is 30.5 Å². The smallest absolute Gasteiger partial charge is 0.253 e. The Hall–Kier alpha value is -2.10. The van der Waals surface area contributed by atoms with Crippen LogP contribution in [0.3, 0.4) is 0 Å². The van der Waals surface area contributed by atoms with Crippen molar-refractivity contribution in [3.8, 4) is 5.75 Å². The lowest BCUT2D eigenvalue weighted by molar-refractivity contribution is -0.913. The van der Waals surface area contributed by atoms with E-state index in [1.54, 1.807) is 0 Å². The summed E-state index contributed by atoms with van der Waals surface area (Å²) in [4.78, 5) is 4.69. The predicted octanol–water partition coefficient (Wildman–Crippen LogP) is 2.78. The molecule has 4 heteroatoms. The number of aromatic hydroxyl groups is 1. The molecule has 1 aliphatic heterocycles. The second-order valence-corrected chi connectivity index (χ2v) is 6.92. The number of halogens is 1. The molecular weight excluding hydrogens is 320 g/mol. The number of likely N-dealkylation sites (tertiary alicyclic amines) is 1. The van der Waals surface area contributed by atoms with Crippen molar-refractivity contribution < 1.29 is 15.0 Å². The zero-order valence-corrected chi connectivity index (χ0v) is 14.2. The first-order chi connectivity index (χ1) is 11.7. The molecule has 1 atom stereocenters. The molecule has 1 aromatic heterocycles. The fraction of sp³-hybridized carbons (Fsp3) is 0.250. The van der Waals surface area contributed by atoms with E-state index in [9.17, 15) is 5.11 Å². The number of fused-ring (bicyclic) bond motifs is 1. The van der Waals surface area contributed by atoms with Gasteiger partial charge in [-0.3, -0.25) is 0 Å². The molecule has 1 aliphatic rings. The lowest BCUT2D eigenvalue weighted by Gasteiger charge is -2.26. The highest BCUT2D eigenvalue weighted by Crippen LogP contribution is 2.32. The summed E-state index contributed by atoms with van der Waals surface area (Å²) in [6.07, 6.45) is 4.33. The molecule has 3 N–H and O–H groups in total. The average molecular weight is 341 g/mol. The molecule has 2 aromatic carbocycles. The van der Waals surface area contributed by atoms with Crippen LogP contribution in [0.15, 0.2) is 54.7 Å². The summed E-state index contributed by atoms with van der Waals surface area (Å²) in [6, 6.07) is 16.3. The van der Waals surface area contributed by atoms with Gasteiger partial charge in [-0.1, -0.05) is 23.7 Å². The van der Waals surface area contributed by atoms with Crippen LogP contribution in [0.1, 0.15) is 30.0 Å². The molecule has 0 bridgehead atoms. The van der Waals surface area contributed by atoms with Gasteiger partial charge in [0, 0.05) is 29.5 Å². The van der Waals surface area contributed by atoms with Crippen LogP contribution in [0.5, 0.6) is 5.75 Å². The Morgan fingerprint density at radius 2 is 1.75 bits per heavy atom. The molecule has 2 heterocycles. The Morgan fingerprint density at radius 1 is 1.00 bits per heavy atom. The number of aromatic amines is 1. The van der Waals surface area contributed by atoms with Gasteiger partial charge in [0.1, 0.15) is 6.04 Å². The molecule has 0 aliphatic carbocycles. The molecule has 1 unspecified atom stereocenters. The molecule has 0 spiro atoms. The number of hydrogen-bond donors (Lipinski definition) is 2. The van der Waals surface area contributed by atoms with Crippen LogP contribution < -0.4 is 9.88 Å². The van der Waals surface area contributed by atoms with Gasteiger partial charge in [0.15, 0.2) is 11.9 Å². The third-order valence-corrected chi connectivity index (χ3v) is 5.26. The summed E-state index contributed by atoms with van der Waals surface area (Å²) in [6.45, 7) is 2.26. The molecule has 0 saturated carbocycles. The maximum absolute atomic E-state index is 10.9. The van der Waals surface area contributed by atoms with Crippen LogP contribution >= 0.6 is 11.6 Å². The molecule has 0 amide bonds. The van der Waals surface area contributed by atoms with Gasteiger partial charge >= 0.3 is 0 Å². The minimum absolute atomic E-state index is 0.128. The van der Waals surface area contributed by atoms with Crippen LogP contribution in [-0.4, -0.2) is 18.2 Å². The quantitative estimate of drug-likeness (QED) is 0.756. The standard InChI is InChI=1S/C20H19ClN2O/c21-16-8-5-15(6-9-16)19(23-12-1-2-13-23)17-10-7-14-4-3-11-22-18(14)20(17)24/h3-11,19,24H,1-2,12-13H2/p+2. The number of benzene rings is 2. The normalized spacial score (nSPS) is 16.5. The first-order valence-corrected chi connectivity index (χ1v) is 8.84. The Balaban J connectivity index is 1.86. The zero-order valence-electron chi connectivity index (χ0n) is 13.4. The molecule has 3 aromatic rings. The lowest BCUT2D eigenvalue weighted by atomic mass is 9.95. The highest BCUT2D eigenvalue weighted by atomic mass is 35.5. The number of phenolic OH excluding ortho intramolecular Hbond substituents is 1. The van der Waals surface area contributed by atoms with Gasteiger partial charge in [0.05, 0.1) is 24.0 Å². The number of pyridine rings is 1. The third-order valence-electron chi connectivity index (χ3n) is 5.01. The first kappa shape index (κ1) is 15.4. The Labute approximate surface area is 146 Å². The van der Waals surface area contributed by atoms with Gasteiger partial charge in [0.25, 0.3) is 5.52 Å². The van der Waals surface area contributed by atoms with Crippen molar-refractivity contribution in [2.75, 3.05) is 13.1 Å². The number of aromatic nitrogens is 1. The lowest BCUT2D eigenvalue weighted by Crippen LogP contribution is -3.10. The number of H-pyrrole nitrogens is 1. The molecule has 4 rings (SSSR count). The fourth-order valence-corrected chi connectivity index (χ4v) is 3.96. The number of phenols is 1. The van der Waals surface area contributed by atoms with Gasteiger partial charge in [-0.15, -0.1) is 0 Å². The fourth-order valence-electron chi connectivity index (χ4n) is 3.84. The SMILES string of the molecule is Oc1c(C(c2ccc(Cl)cc2)[NH+]2CCCC2)ccc2ccc[nH+]c12. The maximum atomic E-state index is 10.9. The van der Waals surface area contributed by atoms with E-state index in [0.717, 1.165) is 34.6 Å². The van der Waals surface area contributed by atoms with E-state index in [4.69, 9.17) is 11.6 Å².